The van der Waals surface area contributed by atoms with E-state index < -0.39 is 12.1 Å². The molecule has 3 aromatic carbocycles. The summed E-state index contributed by atoms with van der Waals surface area (Å²) < 4.78 is 16.6. The first-order valence-corrected chi connectivity index (χ1v) is 12.6. The molecule has 0 radical (unpaired) electrons. The number of nitrogens with one attached hydrogen (secondary N) is 1. The molecule has 0 bridgehead atoms. The SMILES string of the molecule is COc1ccc(CN2CC(=O)N3[C@H](c4cccc(OC)c4OC)c4[nH]c5ccccc5c4C[C@H]3C2=O)cc1. The monoisotopic (exact) mass is 511 g/mol. The number of fused-ring (bicyclic) bond motifs is 4. The van der Waals surface area contributed by atoms with E-state index in [-0.39, 0.29) is 18.4 Å². The second kappa shape index (κ2) is 9.45. The highest BCUT2D eigenvalue weighted by Crippen LogP contribution is 2.47. The van der Waals surface area contributed by atoms with Gasteiger partial charge in [0, 0.05) is 35.1 Å². The summed E-state index contributed by atoms with van der Waals surface area (Å²) >= 11 is 0. The van der Waals surface area contributed by atoms with Gasteiger partial charge in [-0.05, 0) is 35.4 Å². The van der Waals surface area contributed by atoms with Crippen LogP contribution in [0.4, 0.5) is 0 Å². The average molecular weight is 512 g/mol. The minimum atomic E-state index is -0.637. The number of hydrogen-bond donors (Lipinski definition) is 1. The fraction of sp³-hybridized carbons (Fsp3) is 0.267. The zero-order chi connectivity index (χ0) is 26.4. The third-order valence-electron chi connectivity index (χ3n) is 7.60. The third-order valence-corrected chi connectivity index (χ3v) is 7.60. The van der Waals surface area contributed by atoms with Crippen molar-refractivity contribution in [3.63, 3.8) is 0 Å². The standard InChI is InChI=1S/C30H29N3O5/c1-36-19-13-11-18(12-14-19)16-32-17-26(34)33-24(30(32)35)15-22-20-7-4-5-9-23(20)31-27(22)28(33)21-8-6-10-25(37-2)29(21)38-3/h4-14,24,28,31H,15-17H2,1-3H3/t24-,28+/m0/s1. The Morgan fingerprint density at radius 1 is 0.895 bits per heavy atom. The first-order chi connectivity index (χ1) is 18.5. The zero-order valence-corrected chi connectivity index (χ0v) is 21.6. The lowest BCUT2D eigenvalue weighted by atomic mass is 9.85. The van der Waals surface area contributed by atoms with E-state index in [4.69, 9.17) is 14.2 Å². The molecule has 1 saturated heterocycles. The smallest absolute Gasteiger partial charge is 0.246 e. The second-order valence-electron chi connectivity index (χ2n) is 9.61. The Labute approximate surface area is 220 Å². The summed E-state index contributed by atoms with van der Waals surface area (Å²) in [7, 11) is 4.80. The largest absolute Gasteiger partial charge is 0.497 e. The Hall–Kier alpha value is -4.46. The van der Waals surface area contributed by atoms with Crippen LogP contribution in [-0.4, -0.2) is 60.5 Å². The number of para-hydroxylation sites is 2. The van der Waals surface area contributed by atoms with Gasteiger partial charge in [-0.15, -0.1) is 0 Å². The lowest BCUT2D eigenvalue weighted by Crippen LogP contribution is -2.62. The van der Waals surface area contributed by atoms with Gasteiger partial charge in [-0.3, -0.25) is 9.59 Å². The van der Waals surface area contributed by atoms with Crippen molar-refractivity contribution in [2.75, 3.05) is 27.9 Å². The number of carbonyl (C=O) groups is 2. The molecule has 2 aliphatic heterocycles. The molecule has 2 atom stereocenters. The maximum Gasteiger partial charge on any atom is 0.246 e. The van der Waals surface area contributed by atoms with Crippen LogP contribution in [0.5, 0.6) is 17.2 Å². The quantitative estimate of drug-likeness (QED) is 0.422. The van der Waals surface area contributed by atoms with E-state index in [1.807, 2.05) is 60.7 Å². The van der Waals surface area contributed by atoms with Crippen molar-refractivity contribution in [2.45, 2.75) is 25.0 Å². The van der Waals surface area contributed by atoms with E-state index in [0.717, 1.165) is 39.0 Å². The molecule has 2 amide bonds. The highest BCUT2D eigenvalue weighted by Gasteiger charge is 2.49. The molecule has 1 fully saturated rings. The third kappa shape index (κ3) is 3.75. The first-order valence-electron chi connectivity index (χ1n) is 12.6. The minimum absolute atomic E-state index is 0.000289. The van der Waals surface area contributed by atoms with Gasteiger partial charge in [0.1, 0.15) is 24.4 Å². The number of benzene rings is 3. The molecule has 4 aromatic rings. The van der Waals surface area contributed by atoms with Crippen molar-refractivity contribution in [1.82, 2.24) is 14.8 Å². The van der Waals surface area contributed by atoms with E-state index in [1.165, 1.54) is 0 Å². The van der Waals surface area contributed by atoms with Gasteiger partial charge in [0.05, 0.1) is 21.3 Å². The van der Waals surface area contributed by atoms with Crippen LogP contribution < -0.4 is 14.2 Å². The molecular weight excluding hydrogens is 482 g/mol. The summed E-state index contributed by atoms with van der Waals surface area (Å²) in [6.07, 6.45) is 0.436. The maximum absolute atomic E-state index is 14.0. The number of nitrogens with zero attached hydrogens (tertiary/aromatic N) is 2. The lowest BCUT2D eigenvalue weighted by molar-refractivity contribution is -0.159. The molecule has 0 saturated carbocycles. The summed E-state index contributed by atoms with van der Waals surface area (Å²) in [6, 6.07) is 20.1. The molecule has 194 valence electrons. The number of ether oxygens (including phenoxy) is 3. The Kier molecular flexibility index (Phi) is 5.94. The average Bonchev–Trinajstić information content (AvgIpc) is 3.33. The van der Waals surface area contributed by atoms with E-state index in [0.29, 0.717) is 24.5 Å². The Bertz CT molecular complexity index is 1530. The van der Waals surface area contributed by atoms with Crippen LogP contribution in [0.25, 0.3) is 10.9 Å². The summed E-state index contributed by atoms with van der Waals surface area (Å²) in [6.45, 7) is 0.354. The predicted octanol–water partition coefficient (Wildman–Crippen LogP) is 4.08. The summed E-state index contributed by atoms with van der Waals surface area (Å²) in [4.78, 5) is 34.8. The number of aromatic amines is 1. The second-order valence-corrected chi connectivity index (χ2v) is 9.61. The number of rotatable bonds is 6. The number of H-pyrrole nitrogens is 1. The van der Waals surface area contributed by atoms with Gasteiger partial charge in [-0.1, -0.05) is 42.5 Å². The molecule has 6 rings (SSSR count). The highest BCUT2D eigenvalue weighted by atomic mass is 16.5. The van der Waals surface area contributed by atoms with Gasteiger partial charge in [0.15, 0.2) is 11.5 Å². The summed E-state index contributed by atoms with van der Waals surface area (Å²) in [5.74, 6) is 1.69. The van der Waals surface area contributed by atoms with E-state index >= 15 is 0 Å². The van der Waals surface area contributed by atoms with Crippen LogP contribution in [0.15, 0.2) is 66.7 Å². The van der Waals surface area contributed by atoms with E-state index in [1.54, 1.807) is 31.1 Å². The Morgan fingerprint density at radius 3 is 2.42 bits per heavy atom. The molecule has 0 unspecified atom stereocenters. The Morgan fingerprint density at radius 2 is 1.68 bits per heavy atom. The number of piperazine rings is 1. The fourth-order valence-corrected chi connectivity index (χ4v) is 5.86. The van der Waals surface area contributed by atoms with Gasteiger partial charge in [0.2, 0.25) is 11.8 Å². The van der Waals surface area contributed by atoms with Crippen molar-refractivity contribution >= 4 is 22.7 Å². The van der Waals surface area contributed by atoms with Gasteiger partial charge >= 0.3 is 0 Å². The van der Waals surface area contributed by atoms with Crippen molar-refractivity contribution in [3.8, 4) is 17.2 Å². The zero-order valence-electron chi connectivity index (χ0n) is 21.6. The van der Waals surface area contributed by atoms with Crippen molar-refractivity contribution in [1.29, 1.82) is 0 Å². The molecule has 38 heavy (non-hydrogen) atoms. The van der Waals surface area contributed by atoms with Gasteiger partial charge in [-0.2, -0.15) is 0 Å². The van der Waals surface area contributed by atoms with Crippen molar-refractivity contribution in [3.05, 3.63) is 89.1 Å². The van der Waals surface area contributed by atoms with Crippen molar-refractivity contribution in [2.24, 2.45) is 0 Å². The van der Waals surface area contributed by atoms with Crippen LogP contribution in [0.1, 0.15) is 28.4 Å². The van der Waals surface area contributed by atoms with Crippen LogP contribution >= 0.6 is 0 Å². The predicted molar refractivity (Wildman–Crippen MR) is 142 cm³/mol. The normalized spacial score (nSPS) is 18.8. The molecule has 8 nitrogen and oxygen atoms in total. The van der Waals surface area contributed by atoms with E-state index in [2.05, 4.69) is 11.1 Å². The number of carbonyl (C=O) groups excluding carboxylic acids is 2. The van der Waals surface area contributed by atoms with Crippen molar-refractivity contribution < 1.29 is 23.8 Å². The maximum atomic E-state index is 14.0. The topological polar surface area (TPSA) is 84.1 Å². The molecule has 1 N–H and O–H groups in total. The molecular formula is C30H29N3O5. The number of hydrogen-bond acceptors (Lipinski definition) is 5. The molecule has 1 aromatic heterocycles. The van der Waals surface area contributed by atoms with Gasteiger partial charge in [-0.25, -0.2) is 0 Å². The molecule has 0 aliphatic carbocycles. The molecule has 0 spiro atoms. The minimum Gasteiger partial charge on any atom is -0.497 e. The van der Waals surface area contributed by atoms with Crippen LogP contribution in [0, 0.1) is 0 Å². The molecule has 3 heterocycles. The number of aromatic nitrogens is 1. The number of methoxy groups -OCH3 is 3. The van der Waals surface area contributed by atoms with Crippen LogP contribution in [0.2, 0.25) is 0 Å². The molecule has 2 aliphatic rings. The van der Waals surface area contributed by atoms with E-state index in [9.17, 15) is 9.59 Å². The van der Waals surface area contributed by atoms with Crippen LogP contribution in [0.3, 0.4) is 0 Å². The highest BCUT2D eigenvalue weighted by molar-refractivity contribution is 5.97. The molecule has 8 heteroatoms. The van der Waals surface area contributed by atoms with Gasteiger partial charge < -0.3 is 29.0 Å². The Balaban J connectivity index is 1.46. The summed E-state index contributed by atoms with van der Waals surface area (Å²) in [5.41, 5.74) is 4.63. The fourth-order valence-electron chi connectivity index (χ4n) is 5.86. The summed E-state index contributed by atoms with van der Waals surface area (Å²) in [5, 5.41) is 1.06. The van der Waals surface area contributed by atoms with Gasteiger partial charge in [0.25, 0.3) is 0 Å². The first kappa shape index (κ1) is 23.9. The lowest BCUT2D eigenvalue weighted by Gasteiger charge is -2.47. The van der Waals surface area contributed by atoms with Crippen LogP contribution in [-0.2, 0) is 22.6 Å². The number of amides is 2.